The van der Waals surface area contributed by atoms with Crippen molar-refractivity contribution >= 4 is 16.9 Å². The zero-order valence-corrected chi connectivity index (χ0v) is 11.0. The number of aromatic nitrogens is 2. The summed E-state index contributed by atoms with van der Waals surface area (Å²) in [6.07, 6.45) is 2.69. The van der Waals surface area contributed by atoms with Gasteiger partial charge >= 0.3 is 0 Å². The molecule has 1 amide bonds. The van der Waals surface area contributed by atoms with Gasteiger partial charge in [-0.2, -0.15) is 0 Å². The summed E-state index contributed by atoms with van der Waals surface area (Å²) in [5.41, 5.74) is 8.73. The average molecular weight is 265 g/mol. The molecule has 0 saturated heterocycles. The summed E-state index contributed by atoms with van der Waals surface area (Å²) in [5.74, 6) is -0.441. The highest BCUT2D eigenvalue weighted by atomic mass is 16.1. The Morgan fingerprint density at radius 2 is 1.90 bits per heavy atom. The molecule has 0 unspecified atom stereocenters. The van der Waals surface area contributed by atoms with E-state index in [1.165, 1.54) is 5.56 Å². The first kappa shape index (κ1) is 12.4. The third-order valence-corrected chi connectivity index (χ3v) is 3.40. The van der Waals surface area contributed by atoms with E-state index in [1.54, 1.807) is 12.4 Å². The van der Waals surface area contributed by atoms with Gasteiger partial charge in [0.15, 0.2) is 0 Å². The van der Waals surface area contributed by atoms with E-state index in [0.29, 0.717) is 11.1 Å². The summed E-state index contributed by atoms with van der Waals surface area (Å²) in [5, 5.41) is 0. The second kappa shape index (κ2) is 5.17. The first-order valence-corrected chi connectivity index (χ1v) is 6.53. The number of imidazole rings is 1. The molecule has 0 bridgehead atoms. The molecule has 0 saturated carbocycles. The molecule has 0 aliphatic rings. The Labute approximate surface area is 116 Å². The Morgan fingerprint density at radius 3 is 2.65 bits per heavy atom. The molecular weight excluding hydrogens is 250 g/mol. The van der Waals surface area contributed by atoms with Crippen molar-refractivity contribution in [1.29, 1.82) is 0 Å². The minimum Gasteiger partial charge on any atom is -0.366 e. The molecule has 0 spiro atoms. The van der Waals surface area contributed by atoms with Gasteiger partial charge in [0.2, 0.25) is 0 Å². The minimum absolute atomic E-state index is 0.441. The fourth-order valence-electron chi connectivity index (χ4n) is 2.36. The zero-order chi connectivity index (χ0) is 13.9. The molecular formula is C16H15N3O. The molecule has 4 heteroatoms. The lowest BCUT2D eigenvalue weighted by Gasteiger charge is -2.05. The Bertz CT molecular complexity index is 747. The predicted molar refractivity (Wildman–Crippen MR) is 78.4 cm³/mol. The van der Waals surface area contributed by atoms with Crippen molar-refractivity contribution in [2.45, 2.75) is 13.0 Å². The molecule has 3 aromatic rings. The molecule has 20 heavy (non-hydrogen) atoms. The van der Waals surface area contributed by atoms with E-state index >= 15 is 0 Å². The number of primary amides is 1. The number of amides is 1. The topological polar surface area (TPSA) is 60.9 Å². The quantitative estimate of drug-likeness (QED) is 0.787. The summed E-state index contributed by atoms with van der Waals surface area (Å²) in [6, 6.07) is 15.8. The first-order chi connectivity index (χ1) is 9.75. The van der Waals surface area contributed by atoms with Crippen LogP contribution in [0.1, 0.15) is 15.9 Å². The summed E-state index contributed by atoms with van der Waals surface area (Å²) >= 11 is 0. The number of carbonyl (C=O) groups is 1. The van der Waals surface area contributed by atoms with Crippen molar-refractivity contribution in [3.05, 3.63) is 66.0 Å². The molecule has 0 aliphatic carbocycles. The van der Waals surface area contributed by atoms with Gasteiger partial charge in [-0.05, 0) is 24.1 Å². The number of fused-ring (bicyclic) bond motifs is 1. The van der Waals surface area contributed by atoms with Crippen LogP contribution >= 0.6 is 0 Å². The van der Waals surface area contributed by atoms with E-state index in [4.69, 9.17) is 5.73 Å². The number of carbonyl (C=O) groups excluding carboxylic acids is 1. The largest absolute Gasteiger partial charge is 0.366 e. The van der Waals surface area contributed by atoms with Crippen LogP contribution in [0.4, 0.5) is 0 Å². The maximum atomic E-state index is 11.4. The van der Waals surface area contributed by atoms with Gasteiger partial charge in [-0.3, -0.25) is 4.79 Å². The van der Waals surface area contributed by atoms with Gasteiger partial charge in [0.1, 0.15) is 5.52 Å². The van der Waals surface area contributed by atoms with Gasteiger partial charge in [-0.15, -0.1) is 0 Å². The highest BCUT2D eigenvalue weighted by Crippen LogP contribution is 2.17. The second-order valence-electron chi connectivity index (χ2n) is 4.71. The number of nitrogens with zero attached hydrogens (tertiary/aromatic N) is 2. The van der Waals surface area contributed by atoms with Crippen molar-refractivity contribution in [3.63, 3.8) is 0 Å². The Kier molecular flexibility index (Phi) is 3.21. The standard InChI is InChI=1S/C16H15N3O/c17-16(20)13-7-4-8-14-15(13)18-11-19(14)10-9-12-5-2-1-3-6-12/h1-8,11H,9-10H2,(H2,17,20). The second-order valence-corrected chi connectivity index (χ2v) is 4.71. The molecule has 0 aliphatic heterocycles. The normalized spacial score (nSPS) is 10.8. The van der Waals surface area contributed by atoms with E-state index in [9.17, 15) is 4.79 Å². The molecule has 4 nitrogen and oxygen atoms in total. The first-order valence-electron chi connectivity index (χ1n) is 6.53. The molecule has 2 N–H and O–H groups in total. The van der Waals surface area contributed by atoms with Crippen LogP contribution in [0.3, 0.4) is 0 Å². The van der Waals surface area contributed by atoms with Crippen LogP contribution in [0.2, 0.25) is 0 Å². The van der Waals surface area contributed by atoms with Crippen molar-refractivity contribution in [1.82, 2.24) is 9.55 Å². The monoisotopic (exact) mass is 265 g/mol. The van der Waals surface area contributed by atoms with Gasteiger partial charge in [-0.25, -0.2) is 4.98 Å². The summed E-state index contributed by atoms with van der Waals surface area (Å²) in [6.45, 7) is 0.822. The van der Waals surface area contributed by atoms with Crippen LogP contribution in [-0.4, -0.2) is 15.5 Å². The lowest BCUT2D eigenvalue weighted by atomic mass is 10.1. The average Bonchev–Trinajstić information content (AvgIpc) is 2.89. The molecule has 0 atom stereocenters. The van der Waals surface area contributed by atoms with Crippen molar-refractivity contribution in [2.24, 2.45) is 5.73 Å². The van der Waals surface area contributed by atoms with Gasteiger partial charge in [-0.1, -0.05) is 36.4 Å². The molecule has 3 rings (SSSR count). The summed E-state index contributed by atoms with van der Waals surface area (Å²) in [4.78, 5) is 15.7. The molecule has 2 aromatic carbocycles. The lowest BCUT2D eigenvalue weighted by molar-refractivity contribution is 0.100. The van der Waals surface area contributed by atoms with Crippen molar-refractivity contribution in [3.8, 4) is 0 Å². The lowest BCUT2D eigenvalue weighted by Crippen LogP contribution is -2.11. The van der Waals surface area contributed by atoms with Crippen molar-refractivity contribution < 1.29 is 4.79 Å². The third-order valence-electron chi connectivity index (χ3n) is 3.40. The van der Waals surface area contributed by atoms with Gasteiger partial charge in [0.25, 0.3) is 5.91 Å². The van der Waals surface area contributed by atoms with E-state index < -0.39 is 5.91 Å². The SMILES string of the molecule is NC(=O)c1cccc2c1ncn2CCc1ccccc1. The number of hydrogen-bond donors (Lipinski definition) is 1. The van der Waals surface area contributed by atoms with Crippen molar-refractivity contribution in [2.75, 3.05) is 0 Å². The fraction of sp³-hybridized carbons (Fsp3) is 0.125. The van der Waals surface area contributed by atoms with Crippen LogP contribution < -0.4 is 5.73 Å². The summed E-state index contributed by atoms with van der Waals surface area (Å²) in [7, 11) is 0. The highest BCUT2D eigenvalue weighted by molar-refractivity contribution is 6.04. The molecule has 1 heterocycles. The number of benzene rings is 2. The number of rotatable bonds is 4. The van der Waals surface area contributed by atoms with Gasteiger partial charge in [0.05, 0.1) is 17.4 Å². The van der Waals surface area contributed by atoms with Gasteiger partial charge in [0, 0.05) is 6.54 Å². The van der Waals surface area contributed by atoms with E-state index in [0.717, 1.165) is 18.5 Å². The highest BCUT2D eigenvalue weighted by Gasteiger charge is 2.10. The minimum atomic E-state index is -0.441. The summed E-state index contributed by atoms with van der Waals surface area (Å²) < 4.78 is 2.05. The smallest absolute Gasteiger partial charge is 0.250 e. The van der Waals surface area contributed by atoms with Crippen LogP contribution in [0.5, 0.6) is 0 Å². The Hall–Kier alpha value is -2.62. The molecule has 1 aromatic heterocycles. The number of para-hydroxylation sites is 1. The number of nitrogens with two attached hydrogens (primary N) is 1. The maximum Gasteiger partial charge on any atom is 0.250 e. The van der Waals surface area contributed by atoms with Gasteiger partial charge < -0.3 is 10.3 Å². The maximum absolute atomic E-state index is 11.4. The molecule has 0 fully saturated rings. The molecule has 0 radical (unpaired) electrons. The third kappa shape index (κ3) is 2.28. The van der Waals surface area contributed by atoms with Crippen LogP contribution in [0.25, 0.3) is 11.0 Å². The number of aryl methyl sites for hydroxylation is 2. The zero-order valence-electron chi connectivity index (χ0n) is 11.0. The van der Waals surface area contributed by atoms with E-state index in [1.807, 2.05) is 30.3 Å². The number of hydrogen-bond acceptors (Lipinski definition) is 2. The van der Waals surface area contributed by atoms with E-state index in [2.05, 4.69) is 21.7 Å². The Morgan fingerprint density at radius 1 is 1.10 bits per heavy atom. The van der Waals surface area contributed by atoms with Crippen LogP contribution in [0, 0.1) is 0 Å². The predicted octanol–water partition coefficient (Wildman–Crippen LogP) is 2.38. The Balaban J connectivity index is 1.90. The van der Waals surface area contributed by atoms with E-state index in [-0.39, 0.29) is 0 Å². The van der Waals surface area contributed by atoms with Crippen LogP contribution in [-0.2, 0) is 13.0 Å². The molecule has 100 valence electrons. The fourth-order valence-corrected chi connectivity index (χ4v) is 2.36. The van der Waals surface area contributed by atoms with Crippen LogP contribution in [0.15, 0.2) is 54.9 Å².